The Morgan fingerprint density at radius 3 is 2.62 bits per heavy atom. The zero-order valence-corrected chi connectivity index (χ0v) is 10.6. The van der Waals surface area contributed by atoms with Crippen molar-refractivity contribution < 1.29 is 14.3 Å². The van der Waals surface area contributed by atoms with Crippen molar-refractivity contribution in [1.29, 1.82) is 0 Å². The van der Waals surface area contributed by atoms with E-state index in [1.807, 2.05) is 26.0 Å². The molecule has 0 atom stereocenters. The molecule has 0 unspecified atom stereocenters. The number of thiol groups is 1. The first-order chi connectivity index (χ1) is 7.54. The fourth-order valence-electron chi connectivity index (χ4n) is 1.27. The first-order valence-electron chi connectivity index (χ1n) is 5.13. The van der Waals surface area contributed by atoms with Crippen LogP contribution in [0.25, 0.3) is 0 Å². The molecule has 1 aromatic rings. The van der Waals surface area contributed by atoms with Crippen molar-refractivity contribution in [3.05, 3.63) is 23.3 Å². The van der Waals surface area contributed by atoms with Crippen LogP contribution in [0.2, 0.25) is 0 Å². The van der Waals surface area contributed by atoms with E-state index in [0.717, 1.165) is 16.0 Å². The minimum Gasteiger partial charge on any atom is -0.482 e. The summed E-state index contributed by atoms with van der Waals surface area (Å²) in [5.74, 6) is 0.345. The summed E-state index contributed by atoms with van der Waals surface area (Å²) in [7, 11) is 0. The predicted molar refractivity (Wildman–Crippen MR) is 65.3 cm³/mol. The molecule has 0 spiro atoms. The van der Waals surface area contributed by atoms with Gasteiger partial charge < -0.3 is 9.47 Å². The standard InChI is InChI=1S/C12H16O3S/c1-4-14-12(13)7-15-10-5-9(3)11(16)6-8(10)2/h5-6,16H,4,7H2,1-3H3. The average Bonchev–Trinajstić information content (AvgIpc) is 2.22. The molecular weight excluding hydrogens is 224 g/mol. The summed E-state index contributed by atoms with van der Waals surface area (Å²) in [4.78, 5) is 12.0. The molecule has 1 rings (SSSR count). The summed E-state index contributed by atoms with van der Waals surface area (Å²) < 4.78 is 10.2. The maximum atomic E-state index is 11.1. The Morgan fingerprint density at radius 1 is 1.31 bits per heavy atom. The van der Waals surface area contributed by atoms with Crippen LogP contribution in [-0.2, 0) is 9.53 Å². The number of rotatable bonds is 4. The first-order valence-corrected chi connectivity index (χ1v) is 5.58. The topological polar surface area (TPSA) is 35.5 Å². The smallest absolute Gasteiger partial charge is 0.344 e. The van der Waals surface area contributed by atoms with Crippen molar-refractivity contribution in [2.24, 2.45) is 0 Å². The van der Waals surface area contributed by atoms with Crippen LogP contribution in [0.4, 0.5) is 0 Å². The van der Waals surface area contributed by atoms with E-state index >= 15 is 0 Å². The van der Waals surface area contributed by atoms with Gasteiger partial charge in [-0.15, -0.1) is 12.6 Å². The van der Waals surface area contributed by atoms with Gasteiger partial charge in [-0.3, -0.25) is 0 Å². The van der Waals surface area contributed by atoms with E-state index in [1.54, 1.807) is 6.92 Å². The number of hydrogen-bond donors (Lipinski definition) is 1. The Balaban J connectivity index is 2.67. The minimum absolute atomic E-state index is 0.0555. The molecule has 0 aromatic heterocycles. The second kappa shape index (κ2) is 5.80. The summed E-state index contributed by atoms with van der Waals surface area (Å²) in [5, 5.41) is 0. The average molecular weight is 240 g/mol. The molecule has 0 fully saturated rings. The maximum absolute atomic E-state index is 11.1. The van der Waals surface area contributed by atoms with Gasteiger partial charge >= 0.3 is 5.97 Å². The van der Waals surface area contributed by atoms with Crippen LogP contribution in [0.1, 0.15) is 18.1 Å². The largest absolute Gasteiger partial charge is 0.482 e. The molecule has 0 amide bonds. The molecule has 4 heteroatoms. The number of ether oxygens (including phenoxy) is 2. The van der Waals surface area contributed by atoms with Gasteiger partial charge in [0.2, 0.25) is 0 Å². The fraction of sp³-hybridized carbons (Fsp3) is 0.417. The van der Waals surface area contributed by atoms with Gasteiger partial charge in [0.05, 0.1) is 6.61 Å². The van der Waals surface area contributed by atoms with E-state index in [2.05, 4.69) is 12.6 Å². The van der Waals surface area contributed by atoms with Crippen LogP contribution in [0.15, 0.2) is 17.0 Å². The SMILES string of the molecule is CCOC(=O)COc1cc(C)c(S)cc1C. The molecule has 1 aromatic carbocycles. The van der Waals surface area contributed by atoms with Crippen molar-refractivity contribution in [2.45, 2.75) is 25.7 Å². The summed E-state index contributed by atoms with van der Waals surface area (Å²) >= 11 is 4.31. The highest BCUT2D eigenvalue weighted by atomic mass is 32.1. The van der Waals surface area contributed by atoms with Crippen molar-refractivity contribution in [2.75, 3.05) is 13.2 Å². The number of carbonyl (C=O) groups excluding carboxylic acids is 1. The Bertz CT molecular complexity index is 388. The molecular formula is C12H16O3S. The van der Waals surface area contributed by atoms with E-state index in [4.69, 9.17) is 9.47 Å². The molecule has 0 radical (unpaired) electrons. The third-order valence-corrected chi connectivity index (χ3v) is 2.63. The number of benzene rings is 1. The van der Waals surface area contributed by atoms with Crippen LogP contribution >= 0.6 is 12.6 Å². The van der Waals surface area contributed by atoms with Crippen molar-refractivity contribution in [3.8, 4) is 5.75 Å². The highest BCUT2D eigenvalue weighted by Gasteiger charge is 2.07. The lowest BCUT2D eigenvalue weighted by molar-refractivity contribution is -0.145. The van der Waals surface area contributed by atoms with Crippen LogP contribution in [0.5, 0.6) is 5.75 Å². The molecule has 0 saturated heterocycles. The Labute approximate surface area is 101 Å². The third-order valence-electron chi connectivity index (χ3n) is 2.14. The first kappa shape index (κ1) is 12.9. The Kier molecular flexibility index (Phi) is 4.68. The lowest BCUT2D eigenvalue weighted by Gasteiger charge is -2.10. The number of aryl methyl sites for hydroxylation is 2. The zero-order chi connectivity index (χ0) is 12.1. The molecule has 0 aliphatic carbocycles. The predicted octanol–water partition coefficient (Wildman–Crippen LogP) is 2.53. The molecule has 88 valence electrons. The van der Waals surface area contributed by atoms with E-state index in [0.29, 0.717) is 12.4 Å². The summed E-state index contributed by atoms with van der Waals surface area (Å²) in [6, 6.07) is 3.79. The van der Waals surface area contributed by atoms with Crippen molar-refractivity contribution >= 4 is 18.6 Å². The molecule has 0 N–H and O–H groups in total. The molecule has 0 aliphatic heterocycles. The van der Waals surface area contributed by atoms with Crippen LogP contribution in [0, 0.1) is 13.8 Å². The molecule has 0 bridgehead atoms. The third kappa shape index (κ3) is 3.45. The van der Waals surface area contributed by atoms with Gasteiger partial charge in [0.1, 0.15) is 5.75 Å². The lowest BCUT2D eigenvalue weighted by atomic mass is 10.1. The van der Waals surface area contributed by atoms with Gasteiger partial charge in [0.15, 0.2) is 6.61 Å². The minimum atomic E-state index is -0.352. The fourth-order valence-corrected chi connectivity index (χ4v) is 1.53. The zero-order valence-electron chi connectivity index (χ0n) is 9.74. The second-order valence-corrected chi connectivity index (χ2v) is 3.98. The van der Waals surface area contributed by atoms with Gasteiger partial charge in [0, 0.05) is 4.90 Å². The van der Waals surface area contributed by atoms with Gasteiger partial charge in [-0.1, -0.05) is 0 Å². The molecule has 0 heterocycles. The highest BCUT2D eigenvalue weighted by molar-refractivity contribution is 7.80. The van der Waals surface area contributed by atoms with Crippen molar-refractivity contribution in [3.63, 3.8) is 0 Å². The molecule has 0 aliphatic rings. The van der Waals surface area contributed by atoms with Crippen LogP contribution in [-0.4, -0.2) is 19.2 Å². The van der Waals surface area contributed by atoms with E-state index in [9.17, 15) is 4.79 Å². The summed E-state index contributed by atoms with van der Waals surface area (Å²) in [5.41, 5.74) is 1.98. The number of hydrogen-bond acceptors (Lipinski definition) is 4. The molecule has 0 saturated carbocycles. The highest BCUT2D eigenvalue weighted by Crippen LogP contribution is 2.24. The summed E-state index contributed by atoms with van der Waals surface area (Å²) in [6.45, 7) is 5.94. The number of carbonyl (C=O) groups is 1. The van der Waals surface area contributed by atoms with Gasteiger partial charge in [-0.05, 0) is 44.0 Å². The van der Waals surface area contributed by atoms with Crippen molar-refractivity contribution in [1.82, 2.24) is 0 Å². The maximum Gasteiger partial charge on any atom is 0.344 e. The van der Waals surface area contributed by atoms with Gasteiger partial charge in [0.25, 0.3) is 0 Å². The van der Waals surface area contributed by atoms with E-state index < -0.39 is 0 Å². The molecule has 16 heavy (non-hydrogen) atoms. The van der Waals surface area contributed by atoms with Gasteiger partial charge in [-0.2, -0.15) is 0 Å². The number of esters is 1. The van der Waals surface area contributed by atoms with E-state index in [-0.39, 0.29) is 12.6 Å². The van der Waals surface area contributed by atoms with E-state index in [1.165, 1.54) is 0 Å². The Hall–Kier alpha value is -1.16. The lowest BCUT2D eigenvalue weighted by Crippen LogP contribution is -2.15. The summed E-state index contributed by atoms with van der Waals surface area (Å²) in [6.07, 6.45) is 0. The Morgan fingerprint density at radius 2 is 2.00 bits per heavy atom. The molecule has 3 nitrogen and oxygen atoms in total. The second-order valence-electron chi connectivity index (χ2n) is 3.50. The quantitative estimate of drug-likeness (QED) is 0.649. The normalized spacial score (nSPS) is 10.0. The van der Waals surface area contributed by atoms with Crippen LogP contribution in [0.3, 0.4) is 0 Å². The van der Waals surface area contributed by atoms with Gasteiger partial charge in [-0.25, -0.2) is 4.79 Å². The monoisotopic (exact) mass is 240 g/mol. The van der Waals surface area contributed by atoms with Crippen LogP contribution < -0.4 is 4.74 Å².